The minimum absolute atomic E-state index is 0.108. The van der Waals surface area contributed by atoms with Gasteiger partial charge in [-0.05, 0) is 36.4 Å². The Balaban J connectivity index is 2.18. The molecule has 1 aromatic carbocycles. The minimum atomic E-state index is -0.108. The summed E-state index contributed by atoms with van der Waals surface area (Å²) in [6, 6.07) is 11.0. The van der Waals surface area contributed by atoms with Crippen LogP contribution in [0, 0.1) is 11.3 Å². The second-order valence-corrected chi connectivity index (χ2v) is 4.91. The molecular weight excluding hydrogens is 286 g/mol. The van der Waals surface area contributed by atoms with E-state index < -0.39 is 0 Å². The zero-order valence-electron chi connectivity index (χ0n) is 10.8. The molecular formula is C16H10ClN3O. The first kappa shape index (κ1) is 13.2. The molecule has 0 aliphatic rings. The van der Waals surface area contributed by atoms with Gasteiger partial charge in [-0.2, -0.15) is 5.26 Å². The number of benzene rings is 1. The van der Waals surface area contributed by atoms with Crippen molar-refractivity contribution in [2.45, 2.75) is 0 Å². The van der Waals surface area contributed by atoms with Crippen molar-refractivity contribution in [3.05, 3.63) is 58.9 Å². The summed E-state index contributed by atoms with van der Waals surface area (Å²) >= 11 is 6.01. The zero-order chi connectivity index (χ0) is 14.8. The number of pyridine rings is 1. The van der Waals surface area contributed by atoms with E-state index in [2.05, 4.69) is 16.0 Å². The second kappa shape index (κ2) is 5.31. The lowest BCUT2D eigenvalue weighted by molar-refractivity contribution is 0.452. The van der Waals surface area contributed by atoms with Gasteiger partial charge in [-0.3, -0.25) is 0 Å². The maximum absolute atomic E-state index is 9.72. The molecule has 2 aromatic heterocycles. The van der Waals surface area contributed by atoms with Crippen molar-refractivity contribution >= 4 is 34.2 Å². The molecule has 0 saturated heterocycles. The van der Waals surface area contributed by atoms with Gasteiger partial charge in [0.2, 0.25) is 5.88 Å². The van der Waals surface area contributed by atoms with Crippen molar-refractivity contribution in [1.82, 2.24) is 9.97 Å². The van der Waals surface area contributed by atoms with Crippen LogP contribution in [-0.4, -0.2) is 15.1 Å². The minimum Gasteiger partial charge on any atom is -0.493 e. The molecule has 3 rings (SSSR count). The number of nitrogens with one attached hydrogen (secondary N) is 1. The third-order valence-electron chi connectivity index (χ3n) is 3.17. The SMILES string of the molecule is N#C/C(=C\c1cccnc1O)c1c[nH]c2ccc(Cl)cc12. The van der Waals surface area contributed by atoms with Crippen LogP contribution in [0.4, 0.5) is 0 Å². The topological polar surface area (TPSA) is 72.7 Å². The van der Waals surface area contributed by atoms with Crippen molar-refractivity contribution in [3.63, 3.8) is 0 Å². The van der Waals surface area contributed by atoms with Crippen LogP contribution in [0.15, 0.2) is 42.7 Å². The van der Waals surface area contributed by atoms with Crippen molar-refractivity contribution in [2.75, 3.05) is 0 Å². The molecule has 2 heterocycles. The van der Waals surface area contributed by atoms with Gasteiger partial charge in [0, 0.05) is 39.4 Å². The molecule has 0 unspecified atom stereocenters. The molecule has 2 N–H and O–H groups in total. The summed E-state index contributed by atoms with van der Waals surface area (Å²) in [5.74, 6) is -0.108. The molecule has 3 aromatic rings. The molecule has 102 valence electrons. The number of aromatic nitrogens is 2. The number of nitriles is 1. The summed E-state index contributed by atoms with van der Waals surface area (Å²) in [7, 11) is 0. The lowest BCUT2D eigenvalue weighted by Crippen LogP contribution is -1.83. The Morgan fingerprint density at radius 1 is 1.38 bits per heavy atom. The summed E-state index contributed by atoms with van der Waals surface area (Å²) in [5, 5.41) is 20.6. The number of hydrogen-bond acceptors (Lipinski definition) is 3. The molecule has 0 atom stereocenters. The van der Waals surface area contributed by atoms with Crippen LogP contribution in [0.2, 0.25) is 5.02 Å². The highest BCUT2D eigenvalue weighted by Crippen LogP contribution is 2.29. The summed E-state index contributed by atoms with van der Waals surface area (Å²) < 4.78 is 0. The van der Waals surface area contributed by atoms with E-state index in [0.29, 0.717) is 16.2 Å². The maximum atomic E-state index is 9.72. The number of rotatable bonds is 2. The molecule has 0 fully saturated rings. The van der Waals surface area contributed by atoms with E-state index in [1.165, 1.54) is 6.20 Å². The molecule has 5 heteroatoms. The molecule has 0 aliphatic heterocycles. The Hall–Kier alpha value is -2.77. The molecule has 0 amide bonds. The predicted octanol–water partition coefficient (Wildman–Crippen LogP) is 3.99. The number of aromatic amines is 1. The fourth-order valence-electron chi connectivity index (χ4n) is 2.16. The fourth-order valence-corrected chi connectivity index (χ4v) is 2.34. The first-order valence-corrected chi connectivity index (χ1v) is 6.59. The van der Waals surface area contributed by atoms with Gasteiger partial charge in [-0.25, -0.2) is 4.98 Å². The van der Waals surface area contributed by atoms with Gasteiger partial charge in [0.25, 0.3) is 0 Å². The van der Waals surface area contributed by atoms with Gasteiger partial charge in [0.15, 0.2) is 0 Å². The highest BCUT2D eigenvalue weighted by atomic mass is 35.5. The van der Waals surface area contributed by atoms with Crippen LogP contribution >= 0.6 is 11.6 Å². The van der Waals surface area contributed by atoms with E-state index in [0.717, 1.165) is 16.5 Å². The highest BCUT2D eigenvalue weighted by molar-refractivity contribution is 6.31. The van der Waals surface area contributed by atoms with Crippen LogP contribution in [-0.2, 0) is 0 Å². The van der Waals surface area contributed by atoms with Gasteiger partial charge in [-0.1, -0.05) is 11.6 Å². The number of hydrogen-bond donors (Lipinski definition) is 2. The molecule has 0 saturated carbocycles. The molecule has 21 heavy (non-hydrogen) atoms. The Bertz CT molecular complexity index is 890. The van der Waals surface area contributed by atoms with Gasteiger partial charge in [0.1, 0.15) is 0 Å². The van der Waals surface area contributed by atoms with Crippen LogP contribution in [0.5, 0.6) is 5.88 Å². The number of fused-ring (bicyclic) bond motifs is 1. The van der Waals surface area contributed by atoms with E-state index in [9.17, 15) is 10.4 Å². The van der Waals surface area contributed by atoms with Gasteiger partial charge >= 0.3 is 0 Å². The van der Waals surface area contributed by atoms with Crippen LogP contribution < -0.4 is 0 Å². The van der Waals surface area contributed by atoms with Crippen molar-refractivity contribution in [1.29, 1.82) is 5.26 Å². The monoisotopic (exact) mass is 295 g/mol. The fraction of sp³-hybridized carbons (Fsp3) is 0. The summed E-state index contributed by atoms with van der Waals surface area (Å²) in [6.45, 7) is 0. The number of aromatic hydroxyl groups is 1. The number of H-pyrrole nitrogens is 1. The quantitative estimate of drug-likeness (QED) is 0.702. The Morgan fingerprint density at radius 2 is 2.24 bits per heavy atom. The van der Waals surface area contributed by atoms with Crippen molar-refractivity contribution in [3.8, 4) is 11.9 Å². The summed E-state index contributed by atoms with van der Waals surface area (Å²) in [6.07, 6.45) is 4.85. The lowest BCUT2D eigenvalue weighted by Gasteiger charge is -2.00. The standard InChI is InChI=1S/C16H10ClN3O/c17-12-3-4-15-13(7-12)14(9-20-15)11(8-18)6-10-2-1-5-19-16(10)21/h1-7,9,20H,(H,19,21)/b11-6+. The van der Waals surface area contributed by atoms with E-state index in [1.54, 1.807) is 36.5 Å². The van der Waals surface area contributed by atoms with Crippen LogP contribution in [0.3, 0.4) is 0 Å². The molecule has 0 spiro atoms. The first-order chi connectivity index (χ1) is 10.2. The second-order valence-electron chi connectivity index (χ2n) is 4.48. The van der Waals surface area contributed by atoms with Gasteiger partial charge in [-0.15, -0.1) is 0 Å². The third-order valence-corrected chi connectivity index (χ3v) is 3.41. The van der Waals surface area contributed by atoms with E-state index in [4.69, 9.17) is 11.6 Å². The largest absolute Gasteiger partial charge is 0.493 e. The smallest absolute Gasteiger partial charge is 0.218 e. The number of halogens is 1. The van der Waals surface area contributed by atoms with Crippen LogP contribution in [0.1, 0.15) is 11.1 Å². The van der Waals surface area contributed by atoms with E-state index >= 15 is 0 Å². The highest BCUT2D eigenvalue weighted by Gasteiger charge is 2.10. The number of allylic oxidation sites excluding steroid dienone is 1. The van der Waals surface area contributed by atoms with Crippen LogP contribution in [0.25, 0.3) is 22.6 Å². The summed E-state index contributed by atoms with van der Waals surface area (Å²) in [4.78, 5) is 6.90. The van der Waals surface area contributed by atoms with Gasteiger partial charge in [0.05, 0.1) is 11.6 Å². The average molecular weight is 296 g/mol. The molecule has 4 nitrogen and oxygen atoms in total. The van der Waals surface area contributed by atoms with Crippen molar-refractivity contribution in [2.24, 2.45) is 0 Å². The maximum Gasteiger partial charge on any atom is 0.218 e. The summed E-state index contributed by atoms with van der Waals surface area (Å²) in [5.41, 5.74) is 2.54. The third kappa shape index (κ3) is 2.47. The Labute approximate surface area is 125 Å². The zero-order valence-corrected chi connectivity index (χ0v) is 11.6. The predicted molar refractivity (Wildman–Crippen MR) is 82.7 cm³/mol. The van der Waals surface area contributed by atoms with E-state index in [1.807, 2.05) is 6.07 Å². The lowest BCUT2D eigenvalue weighted by atomic mass is 10.0. The first-order valence-electron chi connectivity index (χ1n) is 6.22. The Kier molecular flexibility index (Phi) is 3.35. The Morgan fingerprint density at radius 3 is 3.00 bits per heavy atom. The van der Waals surface area contributed by atoms with E-state index in [-0.39, 0.29) is 5.88 Å². The van der Waals surface area contributed by atoms with Crippen molar-refractivity contribution < 1.29 is 5.11 Å². The number of nitrogens with zero attached hydrogens (tertiary/aromatic N) is 2. The van der Waals surface area contributed by atoms with Gasteiger partial charge < -0.3 is 10.1 Å². The average Bonchev–Trinajstić information content (AvgIpc) is 2.89. The molecule has 0 aliphatic carbocycles. The normalized spacial score (nSPS) is 11.5. The molecule has 0 radical (unpaired) electrons. The molecule has 0 bridgehead atoms.